The first-order valence-electron chi connectivity index (χ1n) is 7.58. The molecule has 112 valence electrons. The van der Waals surface area contributed by atoms with Crippen LogP contribution in [-0.2, 0) is 9.53 Å². The van der Waals surface area contributed by atoms with Crippen molar-refractivity contribution in [2.24, 2.45) is 17.6 Å². The minimum Gasteiger partial charge on any atom is -0.364 e. The van der Waals surface area contributed by atoms with Gasteiger partial charge in [0.05, 0.1) is 5.60 Å². The predicted octanol–water partition coefficient (Wildman–Crippen LogP) is 2.07. The van der Waals surface area contributed by atoms with Gasteiger partial charge in [-0.05, 0) is 31.1 Å². The normalized spacial score (nSPS) is 27.5. The zero-order valence-electron chi connectivity index (χ0n) is 12.7. The zero-order chi connectivity index (χ0) is 14.3. The number of hydrogen-bond acceptors (Lipinski definition) is 3. The summed E-state index contributed by atoms with van der Waals surface area (Å²) < 4.78 is 5.87. The molecule has 1 aliphatic carbocycles. The summed E-state index contributed by atoms with van der Waals surface area (Å²) in [6.45, 7) is 7.91. The smallest absolute Gasteiger partial charge is 0.246 e. The van der Waals surface area contributed by atoms with Crippen molar-refractivity contribution >= 4 is 5.91 Å². The predicted molar refractivity (Wildman–Crippen MR) is 77.8 cm³/mol. The van der Waals surface area contributed by atoms with E-state index in [0.717, 1.165) is 32.2 Å². The third-order valence-electron chi connectivity index (χ3n) is 3.98. The molecule has 0 aliphatic heterocycles. The standard InChI is InChI=1S/C15H30N2O2/c1-12(2)6-8-17-14(18)10-19-15(11-16)7-4-5-13(3)9-15/h12-13H,4-11,16H2,1-3H3,(H,17,18). The van der Waals surface area contributed by atoms with Gasteiger partial charge in [-0.1, -0.05) is 33.6 Å². The molecule has 2 unspecified atom stereocenters. The van der Waals surface area contributed by atoms with Crippen LogP contribution in [-0.4, -0.2) is 31.2 Å². The van der Waals surface area contributed by atoms with E-state index in [-0.39, 0.29) is 18.1 Å². The number of carbonyl (C=O) groups is 1. The van der Waals surface area contributed by atoms with Gasteiger partial charge in [-0.2, -0.15) is 0 Å². The highest BCUT2D eigenvalue weighted by Crippen LogP contribution is 2.34. The minimum absolute atomic E-state index is 0.0216. The van der Waals surface area contributed by atoms with E-state index in [9.17, 15) is 4.79 Å². The average molecular weight is 270 g/mol. The summed E-state index contributed by atoms with van der Waals surface area (Å²) in [4.78, 5) is 11.7. The van der Waals surface area contributed by atoms with Crippen LogP contribution in [0, 0.1) is 11.8 Å². The fourth-order valence-electron chi connectivity index (χ4n) is 2.76. The van der Waals surface area contributed by atoms with E-state index in [1.807, 2.05) is 0 Å². The Bertz CT molecular complexity index is 281. The topological polar surface area (TPSA) is 64.3 Å². The van der Waals surface area contributed by atoms with Gasteiger partial charge in [-0.25, -0.2) is 0 Å². The van der Waals surface area contributed by atoms with Gasteiger partial charge in [-0.3, -0.25) is 4.79 Å². The highest BCUT2D eigenvalue weighted by molar-refractivity contribution is 5.77. The molecule has 0 spiro atoms. The molecule has 1 fully saturated rings. The van der Waals surface area contributed by atoms with Crippen molar-refractivity contribution in [1.82, 2.24) is 5.32 Å². The Morgan fingerprint density at radius 3 is 2.84 bits per heavy atom. The molecule has 3 N–H and O–H groups in total. The molecule has 0 radical (unpaired) electrons. The quantitative estimate of drug-likeness (QED) is 0.744. The first kappa shape index (κ1) is 16.4. The molecule has 0 aromatic heterocycles. The molecule has 2 atom stereocenters. The Kier molecular flexibility index (Phi) is 6.80. The van der Waals surface area contributed by atoms with Gasteiger partial charge < -0.3 is 15.8 Å². The maximum Gasteiger partial charge on any atom is 0.246 e. The second-order valence-corrected chi connectivity index (χ2v) is 6.41. The fraction of sp³-hybridized carbons (Fsp3) is 0.933. The molecule has 4 heteroatoms. The van der Waals surface area contributed by atoms with E-state index in [1.165, 1.54) is 6.42 Å². The van der Waals surface area contributed by atoms with Gasteiger partial charge in [0.2, 0.25) is 5.91 Å². The van der Waals surface area contributed by atoms with Crippen LogP contribution >= 0.6 is 0 Å². The summed E-state index contributed by atoms with van der Waals surface area (Å²) in [6.07, 6.45) is 5.35. The average Bonchev–Trinajstić information content (AvgIpc) is 2.36. The van der Waals surface area contributed by atoms with Crippen molar-refractivity contribution < 1.29 is 9.53 Å². The summed E-state index contributed by atoms with van der Waals surface area (Å²) in [5, 5.41) is 2.90. The molecule has 0 saturated heterocycles. The number of rotatable bonds is 7. The number of nitrogens with one attached hydrogen (secondary N) is 1. The lowest BCUT2D eigenvalue weighted by atomic mass is 9.79. The number of nitrogens with two attached hydrogens (primary N) is 1. The Morgan fingerprint density at radius 1 is 1.53 bits per heavy atom. The Balaban J connectivity index is 2.30. The molecule has 19 heavy (non-hydrogen) atoms. The molecule has 0 aromatic rings. The van der Waals surface area contributed by atoms with E-state index in [1.54, 1.807) is 0 Å². The van der Waals surface area contributed by atoms with E-state index >= 15 is 0 Å². The Morgan fingerprint density at radius 2 is 2.26 bits per heavy atom. The van der Waals surface area contributed by atoms with E-state index < -0.39 is 0 Å². The van der Waals surface area contributed by atoms with E-state index in [2.05, 4.69) is 26.1 Å². The lowest BCUT2D eigenvalue weighted by Crippen LogP contribution is -2.46. The monoisotopic (exact) mass is 270 g/mol. The maximum atomic E-state index is 11.7. The van der Waals surface area contributed by atoms with Crippen LogP contribution < -0.4 is 11.1 Å². The van der Waals surface area contributed by atoms with Gasteiger partial charge in [-0.15, -0.1) is 0 Å². The van der Waals surface area contributed by atoms with Crippen molar-refractivity contribution in [2.45, 2.75) is 58.5 Å². The van der Waals surface area contributed by atoms with Crippen LogP contribution in [0.2, 0.25) is 0 Å². The number of hydrogen-bond donors (Lipinski definition) is 2. The molecule has 0 bridgehead atoms. The molecule has 0 aromatic carbocycles. The van der Waals surface area contributed by atoms with Gasteiger partial charge in [0.15, 0.2) is 0 Å². The second kappa shape index (κ2) is 7.85. The molecular formula is C15H30N2O2. The van der Waals surface area contributed by atoms with Crippen molar-refractivity contribution in [2.75, 3.05) is 19.7 Å². The first-order valence-corrected chi connectivity index (χ1v) is 7.58. The van der Waals surface area contributed by atoms with Crippen LogP contribution in [0.5, 0.6) is 0 Å². The Labute approximate surface area is 117 Å². The lowest BCUT2D eigenvalue weighted by Gasteiger charge is -2.38. The summed E-state index contributed by atoms with van der Waals surface area (Å²) in [7, 11) is 0. The van der Waals surface area contributed by atoms with Crippen molar-refractivity contribution in [3.8, 4) is 0 Å². The third kappa shape index (κ3) is 5.91. The summed E-state index contributed by atoms with van der Waals surface area (Å²) >= 11 is 0. The van der Waals surface area contributed by atoms with Crippen LogP contribution in [0.15, 0.2) is 0 Å². The molecule has 4 nitrogen and oxygen atoms in total. The van der Waals surface area contributed by atoms with Crippen molar-refractivity contribution in [3.05, 3.63) is 0 Å². The minimum atomic E-state index is -0.271. The van der Waals surface area contributed by atoms with E-state index in [0.29, 0.717) is 18.4 Å². The van der Waals surface area contributed by atoms with Gasteiger partial charge in [0.25, 0.3) is 0 Å². The lowest BCUT2D eigenvalue weighted by molar-refractivity contribution is -0.136. The highest BCUT2D eigenvalue weighted by atomic mass is 16.5. The van der Waals surface area contributed by atoms with Crippen LogP contribution in [0.1, 0.15) is 52.9 Å². The molecule has 1 aliphatic rings. The first-order chi connectivity index (χ1) is 8.97. The maximum absolute atomic E-state index is 11.7. The van der Waals surface area contributed by atoms with Gasteiger partial charge >= 0.3 is 0 Å². The second-order valence-electron chi connectivity index (χ2n) is 6.41. The molecule has 1 amide bonds. The van der Waals surface area contributed by atoms with Crippen LogP contribution in [0.4, 0.5) is 0 Å². The SMILES string of the molecule is CC(C)CCNC(=O)COC1(CN)CCCC(C)C1. The molecule has 1 rings (SSSR count). The number of carbonyl (C=O) groups excluding carboxylic acids is 1. The highest BCUT2D eigenvalue weighted by Gasteiger charge is 2.35. The van der Waals surface area contributed by atoms with Crippen molar-refractivity contribution in [1.29, 1.82) is 0 Å². The fourth-order valence-corrected chi connectivity index (χ4v) is 2.76. The Hall–Kier alpha value is -0.610. The van der Waals surface area contributed by atoms with Gasteiger partial charge in [0.1, 0.15) is 6.61 Å². The molecule has 1 saturated carbocycles. The van der Waals surface area contributed by atoms with E-state index in [4.69, 9.17) is 10.5 Å². The summed E-state index contributed by atoms with van der Waals surface area (Å²) in [6, 6.07) is 0. The number of ether oxygens (including phenoxy) is 1. The third-order valence-corrected chi connectivity index (χ3v) is 3.98. The largest absolute Gasteiger partial charge is 0.364 e. The van der Waals surface area contributed by atoms with Crippen molar-refractivity contribution in [3.63, 3.8) is 0 Å². The van der Waals surface area contributed by atoms with Crippen LogP contribution in [0.3, 0.4) is 0 Å². The number of amides is 1. The molecular weight excluding hydrogens is 240 g/mol. The zero-order valence-corrected chi connectivity index (χ0v) is 12.7. The van der Waals surface area contributed by atoms with Gasteiger partial charge in [0, 0.05) is 13.1 Å². The summed E-state index contributed by atoms with van der Waals surface area (Å²) in [5.74, 6) is 1.23. The van der Waals surface area contributed by atoms with Crippen LogP contribution in [0.25, 0.3) is 0 Å². The molecule has 0 heterocycles. The summed E-state index contributed by atoms with van der Waals surface area (Å²) in [5.41, 5.74) is 5.60.